The third-order valence-electron chi connectivity index (χ3n) is 4.01. The summed E-state index contributed by atoms with van der Waals surface area (Å²) in [5, 5.41) is 6.65. The van der Waals surface area contributed by atoms with Crippen LogP contribution in [0.1, 0.15) is 39.0 Å². The van der Waals surface area contributed by atoms with Crippen molar-refractivity contribution < 1.29 is 4.79 Å². The molecular formula is C13H24N2OS. The van der Waals surface area contributed by atoms with E-state index in [1.54, 1.807) is 0 Å². The Bertz CT molecular complexity index is 258. The van der Waals surface area contributed by atoms with Crippen molar-refractivity contribution in [1.29, 1.82) is 0 Å². The van der Waals surface area contributed by atoms with E-state index in [0.29, 0.717) is 11.9 Å². The van der Waals surface area contributed by atoms with Crippen LogP contribution >= 0.6 is 11.8 Å². The highest BCUT2D eigenvalue weighted by atomic mass is 32.2. The number of nitrogens with one attached hydrogen (secondary N) is 2. The summed E-state index contributed by atoms with van der Waals surface area (Å²) in [7, 11) is 0. The Hall–Kier alpha value is -0.220. The van der Waals surface area contributed by atoms with Gasteiger partial charge < -0.3 is 10.6 Å². The fourth-order valence-electron chi connectivity index (χ4n) is 2.92. The average Bonchev–Trinajstić information content (AvgIpc) is 2.81. The molecule has 3 nitrogen and oxygen atoms in total. The third-order valence-corrected chi connectivity index (χ3v) is 5.06. The molecule has 2 aliphatic rings. The van der Waals surface area contributed by atoms with Crippen molar-refractivity contribution in [2.75, 3.05) is 24.6 Å². The van der Waals surface area contributed by atoms with Crippen molar-refractivity contribution >= 4 is 17.7 Å². The Labute approximate surface area is 108 Å². The summed E-state index contributed by atoms with van der Waals surface area (Å²) in [6, 6.07) is 0.429. The molecule has 0 saturated carbocycles. The SMILES string of the molecule is CCCC1(C(=O)NC2CCSCC2)CCNC1. The summed E-state index contributed by atoms with van der Waals surface area (Å²) < 4.78 is 0. The topological polar surface area (TPSA) is 41.1 Å². The second kappa shape index (κ2) is 6.10. The Morgan fingerprint density at radius 1 is 1.47 bits per heavy atom. The van der Waals surface area contributed by atoms with Crippen LogP contribution in [-0.2, 0) is 4.79 Å². The van der Waals surface area contributed by atoms with Gasteiger partial charge in [-0.15, -0.1) is 0 Å². The van der Waals surface area contributed by atoms with Crippen molar-refractivity contribution in [3.8, 4) is 0 Å². The lowest BCUT2D eigenvalue weighted by Crippen LogP contribution is -2.47. The number of amides is 1. The van der Waals surface area contributed by atoms with E-state index in [9.17, 15) is 4.79 Å². The minimum absolute atomic E-state index is 0.112. The molecule has 1 amide bonds. The molecule has 0 spiro atoms. The maximum atomic E-state index is 12.5. The van der Waals surface area contributed by atoms with Gasteiger partial charge in [0, 0.05) is 12.6 Å². The van der Waals surface area contributed by atoms with Crippen LogP contribution in [0, 0.1) is 5.41 Å². The first-order chi connectivity index (χ1) is 8.27. The van der Waals surface area contributed by atoms with Gasteiger partial charge in [-0.05, 0) is 43.7 Å². The summed E-state index contributed by atoms with van der Waals surface area (Å²) in [4.78, 5) is 12.5. The molecule has 0 aromatic rings. The average molecular weight is 256 g/mol. The summed E-state index contributed by atoms with van der Waals surface area (Å²) in [5.41, 5.74) is -0.112. The lowest BCUT2D eigenvalue weighted by molar-refractivity contribution is -0.131. The molecule has 2 N–H and O–H groups in total. The van der Waals surface area contributed by atoms with E-state index in [4.69, 9.17) is 0 Å². The molecule has 2 aliphatic heterocycles. The molecular weight excluding hydrogens is 232 g/mol. The second-order valence-corrected chi connectivity index (χ2v) is 6.54. The zero-order valence-corrected chi connectivity index (χ0v) is 11.6. The first-order valence-electron chi connectivity index (χ1n) is 6.86. The highest BCUT2D eigenvalue weighted by Crippen LogP contribution is 2.32. The minimum Gasteiger partial charge on any atom is -0.353 e. The fourth-order valence-corrected chi connectivity index (χ4v) is 4.03. The van der Waals surface area contributed by atoms with Gasteiger partial charge in [-0.2, -0.15) is 11.8 Å². The molecule has 2 fully saturated rings. The van der Waals surface area contributed by atoms with Gasteiger partial charge in [0.25, 0.3) is 0 Å². The molecule has 4 heteroatoms. The monoisotopic (exact) mass is 256 g/mol. The summed E-state index contributed by atoms with van der Waals surface area (Å²) >= 11 is 2.00. The fraction of sp³-hybridized carbons (Fsp3) is 0.923. The van der Waals surface area contributed by atoms with Gasteiger partial charge >= 0.3 is 0 Å². The van der Waals surface area contributed by atoms with Crippen LogP contribution in [0.15, 0.2) is 0 Å². The standard InChI is InChI=1S/C13H24N2OS/c1-2-5-13(6-7-14-10-13)12(16)15-11-3-8-17-9-4-11/h11,14H,2-10H2,1H3,(H,15,16). The van der Waals surface area contributed by atoms with Crippen LogP contribution in [0.3, 0.4) is 0 Å². The molecule has 0 bridgehead atoms. The van der Waals surface area contributed by atoms with E-state index in [-0.39, 0.29) is 5.41 Å². The zero-order chi connectivity index (χ0) is 12.1. The highest BCUT2D eigenvalue weighted by molar-refractivity contribution is 7.99. The molecule has 1 unspecified atom stereocenters. The Morgan fingerprint density at radius 2 is 2.24 bits per heavy atom. The maximum Gasteiger partial charge on any atom is 0.227 e. The van der Waals surface area contributed by atoms with Crippen LogP contribution in [-0.4, -0.2) is 36.5 Å². The predicted octanol–water partition coefficient (Wildman–Crippen LogP) is 1.78. The van der Waals surface area contributed by atoms with Crippen molar-refractivity contribution in [2.24, 2.45) is 5.41 Å². The quantitative estimate of drug-likeness (QED) is 0.805. The smallest absolute Gasteiger partial charge is 0.227 e. The molecule has 0 aromatic heterocycles. The highest BCUT2D eigenvalue weighted by Gasteiger charge is 2.40. The third kappa shape index (κ3) is 3.16. The van der Waals surface area contributed by atoms with Gasteiger partial charge in [0.15, 0.2) is 0 Å². The molecule has 98 valence electrons. The lowest BCUT2D eigenvalue weighted by atomic mass is 9.81. The van der Waals surface area contributed by atoms with E-state index in [0.717, 1.165) is 45.2 Å². The number of rotatable bonds is 4. The Kier molecular flexibility index (Phi) is 4.74. The van der Waals surface area contributed by atoms with Crippen molar-refractivity contribution in [1.82, 2.24) is 10.6 Å². The van der Waals surface area contributed by atoms with Crippen LogP contribution in [0.25, 0.3) is 0 Å². The first-order valence-corrected chi connectivity index (χ1v) is 8.02. The van der Waals surface area contributed by atoms with E-state index in [1.165, 1.54) is 11.5 Å². The molecule has 2 rings (SSSR count). The molecule has 2 heterocycles. The van der Waals surface area contributed by atoms with Crippen LogP contribution in [0.5, 0.6) is 0 Å². The van der Waals surface area contributed by atoms with Crippen molar-refractivity contribution in [3.63, 3.8) is 0 Å². The first kappa shape index (κ1) is 13.2. The number of hydrogen-bond donors (Lipinski definition) is 2. The van der Waals surface area contributed by atoms with Gasteiger partial charge in [-0.25, -0.2) is 0 Å². The van der Waals surface area contributed by atoms with Crippen molar-refractivity contribution in [2.45, 2.75) is 45.1 Å². The minimum atomic E-state index is -0.112. The number of carbonyl (C=O) groups excluding carboxylic acids is 1. The Morgan fingerprint density at radius 3 is 2.82 bits per heavy atom. The summed E-state index contributed by atoms with van der Waals surface area (Å²) in [5.74, 6) is 2.70. The van der Waals surface area contributed by atoms with Gasteiger partial charge in [0.2, 0.25) is 5.91 Å². The van der Waals surface area contributed by atoms with E-state index >= 15 is 0 Å². The van der Waals surface area contributed by atoms with Crippen LogP contribution in [0.2, 0.25) is 0 Å². The number of hydrogen-bond acceptors (Lipinski definition) is 3. The van der Waals surface area contributed by atoms with E-state index in [2.05, 4.69) is 17.6 Å². The number of thioether (sulfide) groups is 1. The lowest BCUT2D eigenvalue weighted by Gasteiger charge is -2.31. The van der Waals surface area contributed by atoms with Crippen molar-refractivity contribution in [3.05, 3.63) is 0 Å². The molecule has 1 atom stereocenters. The van der Waals surface area contributed by atoms with E-state index < -0.39 is 0 Å². The summed E-state index contributed by atoms with van der Waals surface area (Å²) in [6.07, 6.45) is 5.41. The van der Waals surface area contributed by atoms with E-state index in [1.807, 2.05) is 11.8 Å². The summed E-state index contributed by atoms with van der Waals surface area (Å²) in [6.45, 7) is 4.03. The van der Waals surface area contributed by atoms with Gasteiger partial charge in [0.05, 0.1) is 5.41 Å². The molecule has 2 saturated heterocycles. The molecule has 0 aromatic carbocycles. The molecule has 0 radical (unpaired) electrons. The predicted molar refractivity (Wildman–Crippen MR) is 73.3 cm³/mol. The van der Waals surface area contributed by atoms with Crippen LogP contribution < -0.4 is 10.6 Å². The second-order valence-electron chi connectivity index (χ2n) is 5.32. The maximum absolute atomic E-state index is 12.5. The van der Waals surface area contributed by atoms with Gasteiger partial charge in [0.1, 0.15) is 0 Å². The Balaban J connectivity index is 1.91. The molecule has 17 heavy (non-hydrogen) atoms. The normalized spacial score (nSPS) is 30.4. The zero-order valence-electron chi connectivity index (χ0n) is 10.8. The van der Waals surface area contributed by atoms with Gasteiger partial charge in [-0.3, -0.25) is 4.79 Å². The van der Waals surface area contributed by atoms with Gasteiger partial charge in [-0.1, -0.05) is 13.3 Å². The largest absolute Gasteiger partial charge is 0.353 e. The number of carbonyl (C=O) groups is 1. The van der Waals surface area contributed by atoms with Crippen LogP contribution in [0.4, 0.5) is 0 Å². The molecule has 0 aliphatic carbocycles.